The van der Waals surface area contributed by atoms with Gasteiger partial charge in [-0.2, -0.15) is 0 Å². The number of aromatic hydroxyl groups is 1. The highest BCUT2D eigenvalue weighted by molar-refractivity contribution is 6.32. The third-order valence-corrected chi connectivity index (χ3v) is 5.24. The van der Waals surface area contributed by atoms with Crippen LogP contribution in [0.5, 0.6) is 5.75 Å². The summed E-state index contributed by atoms with van der Waals surface area (Å²) in [7, 11) is 0. The molecule has 0 fully saturated rings. The summed E-state index contributed by atoms with van der Waals surface area (Å²) in [5, 5.41) is 10.5. The van der Waals surface area contributed by atoms with Crippen LogP contribution in [0, 0.1) is 6.92 Å². The highest BCUT2D eigenvalue weighted by Gasteiger charge is 2.35. The summed E-state index contributed by atoms with van der Waals surface area (Å²) in [6.07, 6.45) is 0. The third-order valence-electron chi connectivity index (χ3n) is 5.24. The van der Waals surface area contributed by atoms with Crippen LogP contribution < -0.4 is 5.43 Å². The molecule has 0 saturated carbocycles. The molecular weight excluding hydrogens is 368 g/mol. The van der Waals surface area contributed by atoms with E-state index in [2.05, 4.69) is 0 Å². The summed E-state index contributed by atoms with van der Waals surface area (Å²) >= 11 is 0. The molecule has 0 amide bonds. The maximum absolute atomic E-state index is 13.3. The SMILES string of the molecule is Cc1cc2c(c3oc(-c4ccccc4)cc(=O)c13)C(=O)c1c(O)cccc1C2=O. The molecule has 0 radical (unpaired) electrons. The van der Waals surface area contributed by atoms with Gasteiger partial charge in [0.15, 0.2) is 16.8 Å². The lowest BCUT2D eigenvalue weighted by atomic mass is 9.81. The molecule has 0 atom stereocenters. The van der Waals surface area contributed by atoms with Crippen molar-refractivity contribution < 1.29 is 19.1 Å². The Bertz CT molecular complexity index is 1410. The fourth-order valence-corrected chi connectivity index (χ4v) is 3.91. The maximum atomic E-state index is 13.3. The number of hydrogen-bond donors (Lipinski definition) is 1. The lowest BCUT2D eigenvalue weighted by molar-refractivity contribution is 0.0977. The van der Waals surface area contributed by atoms with E-state index in [-0.39, 0.29) is 50.2 Å². The number of carbonyl (C=O) groups is 2. The van der Waals surface area contributed by atoms with Crippen LogP contribution in [-0.2, 0) is 0 Å². The molecule has 140 valence electrons. The van der Waals surface area contributed by atoms with Gasteiger partial charge in [0.2, 0.25) is 5.78 Å². The number of phenols is 1. The van der Waals surface area contributed by atoms with Gasteiger partial charge >= 0.3 is 0 Å². The Kier molecular flexibility index (Phi) is 3.55. The van der Waals surface area contributed by atoms with E-state index in [0.29, 0.717) is 16.9 Å². The molecule has 29 heavy (non-hydrogen) atoms. The molecule has 3 aromatic carbocycles. The van der Waals surface area contributed by atoms with Crippen LogP contribution in [0.25, 0.3) is 22.3 Å². The van der Waals surface area contributed by atoms with Crippen LogP contribution >= 0.6 is 0 Å². The topological polar surface area (TPSA) is 84.6 Å². The van der Waals surface area contributed by atoms with Crippen molar-refractivity contribution in [3.63, 3.8) is 0 Å². The molecule has 0 unspecified atom stereocenters. The second-order valence-corrected chi connectivity index (χ2v) is 7.02. The van der Waals surface area contributed by atoms with E-state index in [1.54, 1.807) is 25.1 Å². The average molecular weight is 382 g/mol. The minimum Gasteiger partial charge on any atom is -0.507 e. The van der Waals surface area contributed by atoms with Gasteiger partial charge in [-0.05, 0) is 24.6 Å². The Morgan fingerprint density at radius 2 is 1.55 bits per heavy atom. The van der Waals surface area contributed by atoms with E-state index < -0.39 is 5.78 Å². The third kappa shape index (κ3) is 2.37. The van der Waals surface area contributed by atoms with Gasteiger partial charge in [0, 0.05) is 22.8 Å². The molecule has 1 aliphatic rings. The molecule has 1 heterocycles. The van der Waals surface area contributed by atoms with Crippen molar-refractivity contribution in [1.82, 2.24) is 0 Å². The summed E-state index contributed by atoms with van der Waals surface area (Å²) in [6, 6.07) is 16.4. The molecule has 1 aromatic heterocycles. The summed E-state index contributed by atoms with van der Waals surface area (Å²) in [4.78, 5) is 39.2. The normalized spacial score (nSPS) is 12.7. The van der Waals surface area contributed by atoms with E-state index in [1.165, 1.54) is 24.3 Å². The zero-order valence-corrected chi connectivity index (χ0v) is 15.4. The first kappa shape index (κ1) is 17.1. The molecule has 1 aliphatic carbocycles. The van der Waals surface area contributed by atoms with Gasteiger partial charge in [-0.3, -0.25) is 14.4 Å². The minimum atomic E-state index is -0.536. The maximum Gasteiger partial charge on any atom is 0.202 e. The summed E-state index contributed by atoms with van der Waals surface area (Å²) in [5.41, 5.74) is 1.26. The summed E-state index contributed by atoms with van der Waals surface area (Å²) in [5.74, 6) is -0.893. The van der Waals surface area contributed by atoms with Crippen molar-refractivity contribution in [3.05, 3.63) is 98.7 Å². The van der Waals surface area contributed by atoms with E-state index in [1.807, 2.05) is 18.2 Å². The van der Waals surface area contributed by atoms with Gasteiger partial charge in [-0.1, -0.05) is 42.5 Å². The molecule has 4 aromatic rings. The number of ketones is 2. The Hall–Kier alpha value is -3.99. The van der Waals surface area contributed by atoms with Gasteiger partial charge < -0.3 is 9.52 Å². The largest absolute Gasteiger partial charge is 0.507 e. The highest BCUT2D eigenvalue weighted by atomic mass is 16.3. The molecule has 1 N–H and O–H groups in total. The van der Waals surface area contributed by atoms with Crippen LogP contribution in [0.1, 0.15) is 37.4 Å². The first-order valence-electron chi connectivity index (χ1n) is 9.05. The Labute approximate surface area is 164 Å². The van der Waals surface area contributed by atoms with E-state index in [9.17, 15) is 19.5 Å². The van der Waals surface area contributed by atoms with Crippen molar-refractivity contribution >= 4 is 22.5 Å². The lowest BCUT2D eigenvalue weighted by Gasteiger charge is -2.20. The van der Waals surface area contributed by atoms with Crippen LogP contribution in [-0.4, -0.2) is 16.7 Å². The van der Waals surface area contributed by atoms with E-state index in [4.69, 9.17) is 4.42 Å². The highest BCUT2D eigenvalue weighted by Crippen LogP contribution is 2.37. The molecule has 5 rings (SSSR count). The van der Waals surface area contributed by atoms with E-state index >= 15 is 0 Å². The zero-order chi connectivity index (χ0) is 20.3. The van der Waals surface area contributed by atoms with Crippen LogP contribution in [0.2, 0.25) is 0 Å². The molecule has 0 aliphatic heterocycles. The second-order valence-electron chi connectivity index (χ2n) is 7.02. The predicted molar refractivity (Wildman–Crippen MR) is 108 cm³/mol. The number of phenolic OH excluding ortho intramolecular Hbond substituents is 1. The molecule has 0 spiro atoms. The van der Waals surface area contributed by atoms with Crippen molar-refractivity contribution in [1.29, 1.82) is 0 Å². The summed E-state index contributed by atoms with van der Waals surface area (Å²) < 4.78 is 6.03. The number of carbonyl (C=O) groups excluding carboxylic acids is 2. The summed E-state index contributed by atoms with van der Waals surface area (Å²) in [6.45, 7) is 1.71. The van der Waals surface area contributed by atoms with Crippen LogP contribution in [0.4, 0.5) is 0 Å². The Morgan fingerprint density at radius 3 is 2.31 bits per heavy atom. The zero-order valence-electron chi connectivity index (χ0n) is 15.4. The smallest absolute Gasteiger partial charge is 0.202 e. The van der Waals surface area contributed by atoms with Crippen LogP contribution in [0.3, 0.4) is 0 Å². The van der Waals surface area contributed by atoms with Gasteiger partial charge in [0.05, 0.1) is 16.5 Å². The first-order valence-corrected chi connectivity index (χ1v) is 9.05. The van der Waals surface area contributed by atoms with Gasteiger partial charge in [0.1, 0.15) is 11.5 Å². The van der Waals surface area contributed by atoms with Gasteiger partial charge in [0.25, 0.3) is 0 Å². The number of fused-ring (bicyclic) bond motifs is 4. The van der Waals surface area contributed by atoms with Gasteiger partial charge in [-0.15, -0.1) is 0 Å². The molecule has 0 saturated heterocycles. The minimum absolute atomic E-state index is 0.0134. The van der Waals surface area contributed by atoms with Crippen molar-refractivity contribution in [2.75, 3.05) is 0 Å². The van der Waals surface area contributed by atoms with Crippen LogP contribution in [0.15, 0.2) is 69.9 Å². The Morgan fingerprint density at radius 1 is 0.793 bits per heavy atom. The number of aryl methyl sites for hydroxylation is 1. The van der Waals surface area contributed by atoms with Crippen molar-refractivity contribution in [3.8, 4) is 17.1 Å². The van der Waals surface area contributed by atoms with E-state index in [0.717, 1.165) is 0 Å². The average Bonchev–Trinajstić information content (AvgIpc) is 2.72. The molecule has 5 nitrogen and oxygen atoms in total. The lowest BCUT2D eigenvalue weighted by Crippen LogP contribution is -2.22. The Balaban J connectivity index is 1.91. The fourth-order valence-electron chi connectivity index (χ4n) is 3.91. The standard InChI is InChI=1S/C24H14O5/c1-12-10-15-21(23(28)20-14(22(15)27)8-5-9-16(20)25)24-19(12)17(26)11-18(29-24)13-6-3-2-4-7-13/h2-11,25H,1H3. The monoisotopic (exact) mass is 382 g/mol. The molecule has 0 bridgehead atoms. The fraction of sp³-hybridized carbons (Fsp3) is 0.0417. The van der Waals surface area contributed by atoms with Crippen molar-refractivity contribution in [2.45, 2.75) is 6.92 Å². The molecule has 5 heteroatoms. The first-order chi connectivity index (χ1) is 14.0. The van der Waals surface area contributed by atoms with Gasteiger partial charge in [-0.25, -0.2) is 0 Å². The number of benzene rings is 3. The predicted octanol–water partition coefficient (Wildman–Crippen LogP) is 4.25. The van der Waals surface area contributed by atoms with Crippen molar-refractivity contribution in [2.24, 2.45) is 0 Å². The molecular formula is C24H14O5. The quantitative estimate of drug-likeness (QED) is 0.468. The second kappa shape index (κ2) is 6.01. The number of rotatable bonds is 1. The number of hydrogen-bond acceptors (Lipinski definition) is 5.